The fraction of sp³-hybridized carbons (Fsp3) is 0.362. The molecular weight excluding hydrogens is 735 g/mol. The highest BCUT2D eigenvalue weighted by Crippen LogP contribution is 2.59. The highest BCUT2D eigenvalue weighted by molar-refractivity contribution is 6.05. The summed E-state index contributed by atoms with van der Waals surface area (Å²) in [5.41, 5.74) is 0.745. The average molecular weight is 786 g/mol. The molecule has 3 saturated heterocycles. The predicted molar refractivity (Wildman–Crippen MR) is 220 cm³/mol. The number of hydrogen-bond acceptors (Lipinski definition) is 8. The van der Waals surface area contributed by atoms with Crippen LogP contribution in [0.2, 0.25) is 0 Å². The second-order valence-corrected chi connectivity index (χ2v) is 15.3. The zero-order valence-electron chi connectivity index (χ0n) is 32.8. The summed E-state index contributed by atoms with van der Waals surface area (Å²) in [6.07, 6.45) is 3.32. The molecule has 3 fully saturated rings. The topological polar surface area (TPSA) is 135 Å². The predicted octanol–water partition coefficient (Wildman–Crippen LogP) is 5.72. The van der Waals surface area contributed by atoms with Crippen molar-refractivity contribution in [3.63, 3.8) is 0 Å². The highest BCUT2D eigenvalue weighted by atomic mass is 16.6. The zero-order chi connectivity index (χ0) is 40.8. The Morgan fingerprint density at radius 2 is 1.69 bits per heavy atom. The third-order valence-corrected chi connectivity index (χ3v) is 11.8. The first-order valence-electron chi connectivity index (χ1n) is 19.9. The summed E-state index contributed by atoms with van der Waals surface area (Å²) in [6, 6.07) is 29.4. The van der Waals surface area contributed by atoms with Gasteiger partial charge in [-0.3, -0.25) is 19.2 Å². The number of ether oxygens (including phenoxy) is 3. The van der Waals surface area contributed by atoms with E-state index in [2.05, 4.69) is 18.5 Å². The van der Waals surface area contributed by atoms with Crippen molar-refractivity contribution >= 4 is 40.2 Å². The fourth-order valence-electron chi connectivity index (χ4n) is 9.24. The van der Waals surface area contributed by atoms with Crippen molar-refractivity contribution in [1.29, 1.82) is 0 Å². The van der Waals surface area contributed by atoms with Crippen molar-refractivity contribution in [2.24, 2.45) is 11.8 Å². The van der Waals surface area contributed by atoms with Gasteiger partial charge < -0.3 is 34.4 Å². The van der Waals surface area contributed by atoms with E-state index < -0.39 is 72.2 Å². The fourth-order valence-corrected chi connectivity index (χ4v) is 9.24. The Morgan fingerprint density at radius 1 is 0.983 bits per heavy atom. The number of amides is 3. The van der Waals surface area contributed by atoms with Crippen molar-refractivity contribution in [1.82, 2.24) is 10.2 Å². The largest absolute Gasteiger partial charge is 0.455 e. The molecule has 58 heavy (non-hydrogen) atoms. The summed E-state index contributed by atoms with van der Waals surface area (Å²) >= 11 is 0. The number of methoxy groups -OCH3 is 1. The number of carbonyl (C=O) groups is 4. The van der Waals surface area contributed by atoms with E-state index in [-0.39, 0.29) is 31.9 Å². The van der Waals surface area contributed by atoms with Crippen molar-refractivity contribution in [2.75, 3.05) is 31.8 Å². The number of esters is 1. The maximum Gasteiger partial charge on any atom is 0.313 e. The molecule has 4 aromatic carbocycles. The highest BCUT2D eigenvalue weighted by Gasteiger charge is 2.76. The van der Waals surface area contributed by atoms with Gasteiger partial charge in [0, 0.05) is 25.8 Å². The second kappa shape index (κ2) is 17.9. The molecule has 0 radical (unpaired) electrons. The van der Waals surface area contributed by atoms with Crippen molar-refractivity contribution in [3.8, 4) is 0 Å². The number of nitrogens with one attached hydrogen (secondary N) is 1. The maximum atomic E-state index is 15.4. The van der Waals surface area contributed by atoms with Crippen molar-refractivity contribution in [2.45, 2.75) is 68.0 Å². The van der Waals surface area contributed by atoms with E-state index in [1.807, 2.05) is 103 Å². The van der Waals surface area contributed by atoms with Crippen LogP contribution in [0, 0.1) is 11.8 Å². The molecule has 0 aliphatic carbocycles. The van der Waals surface area contributed by atoms with Gasteiger partial charge in [-0.15, -0.1) is 13.2 Å². The minimum absolute atomic E-state index is 0.0412. The lowest BCUT2D eigenvalue weighted by Crippen LogP contribution is -2.59. The number of anilines is 1. The number of benzene rings is 4. The third-order valence-electron chi connectivity index (χ3n) is 11.8. The summed E-state index contributed by atoms with van der Waals surface area (Å²) in [5, 5.41) is 15.9. The summed E-state index contributed by atoms with van der Waals surface area (Å²) in [4.78, 5) is 61.4. The van der Waals surface area contributed by atoms with E-state index in [0.29, 0.717) is 30.5 Å². The van der Waals surface area contributed by atoms with Crippen LogP contribution < -0.4 is 10.2 Å². The van der Waals surface area contributed by atoms with E-state index in [9.17, 15) is 14.7 Å². The summed E-state index contributed by atoms with van der Waals surface area (Å²) < 4.78 is 18.7. The number of fused-ring (bicyclic) bond motifs is 2. The monoisotopic (exact) mass is 785 g/mol. The number of nitrogens with zero attached hydrogens (tertiary/aromatic N) is 2. The molecule has 3 amide bonds. The standard InChI is InChI=1S/C47H51N3O8/c1-4-6-21-39(52)48-37(30-56-3)42(33-18-11-8-12-19-33)57-46(55)40-38-24-25-47(58-38)41(40)44(53)50(36(29-51)27-31-15-9-7-10-16-31)43(47)45(54)49(26-5-2)35-23-22-32-17-13-14-20-34(32)28-35/h4-5,7-20,22-23,28,36-38,40-43,51H,1-2,6,21,24-27,29-30H2,3H3,(H,48,52)/t36-,37-,38-,40+,41+,42-,43-,47+/m1/s1. The Hall–Kier alpha value is -5.62. The Labute approximate surface area is 339 Å². The molecule has 3 aliphatic heterocycles. The normalized spacial score (nSPS) is 23.5. The molecule has 11 heteroatoms. The van der Waals surface area contributed by atoms with Gasteiger partial charge in [-0.1, -0.05) is 103 Å². The minimum Gasteiger partial charge on any atom is -0.455 e. The van der Waals surface area contributed by atoms with Gasteiger partial charge in [0.1, 0.15) is 17.7 Å². The Balaban J connectivity index is 1.27. The molecule has 1 spiro atoms. The molecule has 0 aromatic heterocycles. The number of hydrogen-bond donors (Lipinski definition) is 2. The number of aliphatic hydroxyl groups excluding tert-OH is 1. The van der Waals surface area contributed by atoms with Crippen LogP contribution in [0.5, 0.6) is 0 Å². The minimum atomic E-state index is -1.38. The molecule has 3 heterocycles. The zero-order valence-corrected chi connectivity index (χ0v) is 32.8. The molecular formula is C47H51N3O8. The summed E-state index contributed by atoms with van der Waals surface area (Å²) in [7, 11) is 1.50. The quantitative estimate of drug-likeness (QED) is 0.0968. The average Bonchev–Trinajstić information content (AvgIpc) is 3.90. The van der Waals surface area contributed by atoms with E-state index >= 15 is 9.59 Å². The lowest BCUT2D eigenvalue weighted by atomic mass is 9.70. The first-order valence-corrected chi connectivity index (χ1v) is 19.9. The van der Waals surface area contributed by atoms with Crippen LogP contribution in [0.25, 0.3) is 10.8 Å². The van der Waals surface area contributed by atoms with Gasteiger partial charge in [0.2, 0.25) is 11.8 Å². The molecule has 11 nitrogen and oxygen atoms in total. The van der Waals surface area contributed by atoms with Crippen LogP contribution in [0.4, 0.5) is 5.69 Å². The van der Waals surface area contributed by atoms with Crippen LogP contribution in [0.3, 0.4) is 0 Å². The SMILES string of the molecule is C=CCCC(=O)N[C@H](COC)[C@H](OC(=O)[C@@H]1[C@H]2C(=O)N([C@@H](CO)Cc3ccccc3)[C@H](C(=O)N(CC=C)c3ccc4ccccc4c3)[C@]23CC[C@H]1O3)c1ccccc1. The molecule has 0 saturated carbocycles. The van der Waals surface area contributed by atoms with Crippen LogP contribution in [0.1, 0.15) is 42.9 Å². The van der Waals surface area contributed by atoms with E-state index in [1.54, 1.807) is 17.1 Å². The van der Waals surface area contributed by atoms with Crippen LogP contribution >= 0.6 is 0 Å². The molecule has 7 rings (SSSR count). The molecule has 0 unspecified atom stereocenters. The molecule has 302 valence electrons. The molecule has 2 bridgehead atoms. The molecule has 8 atom stereocenters. The van der Waals surface area contributed by atoms with Gasteiger partial charge in [-0.25, -0.2) is 0 Å². The van der Waals surface area contributed by atoms with Crippen molar-refractivity contribution in [3.05, 3.63) is 140 Å². The Morgan fingerprint density at radius 3 is 2.38 bits per heavy atom. The molecule has 3 aliphatic rings. The van der Waals surface area contributed by atoms with Crippen molar-refractivity contribution < 1.29 is 38.5 Å². The van der Waals surface area contributed by atoms with Crippen LogP contribution in [-0.2, 0) is 39.8 Å². The second-order valence-electron chi connectivity index (χ2n) is 15.3. The third kappa shape index (κ3) is 7.81. The molecule has 2 N–H and O–H groups in total. The van der Waals surface area contributed by atoms with Gasteiger partial charge in [0.15, 0.2) is 0 Å². The number of rotatable bonds is 18. The maximum absolute atomic E-state index is 15.4. The van der Waals surface area contributed by atoms with Gasteiger partial charge in [-0.2, -0.15) is 0 Å². The number of allylic oxidation sites excluding steroid dienone is 1. The smallest absolute Gasteiger partial charge is 0.313 e. The van der Waals surface area contributed by atoms with E-state index in [1.165, 1.54) is 12.0 Å². The van der Waals surface area contributed by atoms with E-state index in [0.717, 1.165) is 16.3 Å². The summed E-state index contributed by atoms with van der Waals surface area (Å²) in [5.74, 6) is -3.90. The number of likely N-dealkylation sites (tertiary alicyclic amines) is 1. The van der Waals surface area contributed by atoms with Gasteiger partial charge in [0.05, 0.1) is 43.2 Å². The van der Waals surface area contributed by atoms with Gasteiger partial charge in [0.25, 0.3) is 5.91 Å². The summed E-state index contributed by atoms with van der Waals surface area (Å²) in [6.45, 7) is 7.42. The van der Waals surface area contributed by atoms with Crippen LogP contribution in [-0.4, -0.2) is 90.4 Å². The first-order chi connectivity index (χ1) is 28.2. The van der Waals surface area contributed by atoms with Crippen LogP contribution in [0.15, 0.2) is 128 Å². The van der Waals surface area contributed by atoms with Gasteiger partial charge in [-0.05, 0) is 59.7 Å². The number of aliphatic hydroxyl groups is 1. The first kappa shape index (κ1) is 40.6. The van der Waals surface area contributed by atoms with E-state index in [4.69, 9.17) is 14.2 Å². The number of carbonyl (C=O) groups excluding carboxylic acids is 4. The Kier molecular flexibility index (Phi) is 12.5. The lowest BCUT2D eigenvalue weighted by molar-refractivity contribution is -0.163. The van der Waals surface area contributed by atoms with Gasteiger partial charge >= 0.3 is 5.97 Å². The lowest BCUT2D eigenvalue weighted by Gasteiger charge is -2.39. The molecule has 4 aromatic rings. The Bertz CT molecular complexity index is 2130.